The van der Waals surface area contributed by atoms with Crippen molar-refractivity contribution in [1.82, 2.24) is 0 Å². The quantitative estimate of drug-likeness (QED) is 0.731. The second-order valence-electron chi connectivity index (χ2n) is 5.22. The maximum atomic E-state index is 13.0. The number of rotatable bonds is 7. The Labute approximate surface area is 153 Å². The van der Waals surface area contributed by atoms with Gasteiger partial charge in [-0.2, -0.15) is 8.78 Å². The number of hydrogen-bond donors (Lipinski definition) is 2. The van der Waals surface area contributed by atoms with Crippen molar-refractivity contribution in [2.45, 2.75) is 19.6 Å². The molecule has 0 aromatic heterocycles. The summed E-state index contributed by atoms with van der Waals surface area (Å²) < 4.78 is 47.3. The third kappa shape index (κ3) is 5.19. The van der Waals surface area contributed by atoms with Crippen LogP contribution in [0, 0.1) is 5.82 Å². The molecule has 2 N–H and O–H groups in total. The minimum absolute atomic E-state index is 0.0580. The summed E-state index contributed by atoms with van der Waals surface area (Å²) in [6, 6.07) is 7.10. The summed E-state index contributed by atoms with van der Waals surface area (Å²) in [6.07, 6.45) is 0. The molecule has 0 aliphatic heterocycles. The van der Waals surface area contributed by atoms with E-state index in [-0.39, 0.29) is 22.2 Å². The number of hydrogen-bond acceptors (Lipinski definition) is 4. The van der Waals surface area contributed by atoms with Crippen molar-refractivity contribution in [3.63, 3.8) is 0 Å². The second kappa shape index (κ2) is 8.66. The zero-order valence-electron chi connectivity index (χ0n) is 13.9. The molecule has 0 saturated heterocycles. The van der Waals surface area contributed by atoms with Gasteiger partial charge in [0.05, 0.1) is 17.8 Å². The fraction of sp³-hybridized carbons (Fsp3) is 0.235. The van der Waals surface area contributed by atoms with E-state index in [2.05, 4.69) is 15.4 Å². The number of nitrogens with one attached hydrogen (secondary N) is 2. The number of amides is 1. The molecule has 0 unspecified atom stereocenters. The lowest BCUT2D eigenvalue weighted by atomic mass is 10.2. The van der Waals surface area contributed by atoms with Crippen LogP contribution >= 0.6 is 11.6 Å². The van der Waals surface area contributed by atoms with Gasteiger partial charge in [-0.1, -0.05) is 11.6 Å². The van der Waals surface area contributed by atoms with E-state index in [0.29, 0.717) is 5.69 Å². The molecule has 0 aliphatic carbocycles. The van der Waals surface area contributed by atoms with Crippen molar-refractivity contribution in [2.24, 2.45) is 0 Å². The normalized spacial score (nSPS) is 11.8. The van der Waals surface area contributed by atoms with Crippen molar-refractivity contribution in [1.29, 1.82) is 0 Å². The van der Waals surface area contributed by atoms with Gasteiger partial charge in [0.25, 0.3) is 0 Å². The number of carbonyl (C=O) groups is 1. The van der Waals surface area contributed by atoms with Gasteiger partial charge in [0.1, 0.15) is 11.9 Å². The number of anilines is 2. The van der Waals surface area contributed by atoms with E-state index >= 15 is 0 Å². The van der Waals surface area contributed by atoms with E-state index in [1.807, 2.05) is 0 Å². The lowest BCUT2D eigenvalue weighted by Gasteiger charge is -2.17. The first-order chi connectivity index (χ1) is 12.3. The molecule has 5 nitrogen and oxygen atoms in total. The molecule has 0 radical (unpaired) electrons. The summed E-state index contributed by atoms with van der Waals surface area (Å²) in [6.45, 7) is -1.45. The van der Waals surface area contributed by atoms with Gasteiger partial charge in [-0.15, -0.1) is 0 Å². The van der Waals surface area contributed by atoms with Crippen LogP contribution in [-0.4, -0.2) is 25.7 Å². The molecule has 1 atom stereocenters. The Morgan fingerprint density at radius 1 is 1.15 bits per heavy atom. The van der Waals surface area contributed by atoms with Crippen LogP contribution < -0.4 is 20.1 Å². The molecule has 26 heavy (non-hydrogen) atoms. The number of ether oxygens (including phenoxy) is 2. The highest BCUT2D eigenvalue weighted by Crippen LogP contribution is 2.31. The molecule has 2 rings (SSSR count). The van der Waals surface area contributed by atoms with Crippen LogP contribution in [0.25, 0.3) is 0 Å². The number of benzene rings is 2. The van der Waals surface area contributed by atoms with Crippen LogP contribution in [0.3, 0.4) is 0 Å². The van der Waals surface area contributed by atoms with Gasteiger partial charge in [0.2, 0.25) is 5.91 Å². The molecule has 0 bridgehead atoms. The monoisotopic (exact) mass is 388 g/mol. The molecule has 0 heterocycles. The SMILES string of the molecule is COc1ccc(N[C@H](C)C(=O)Nc2ccc(F)cc2Cl)cc1OC(F)F. The second-order valence-corrected chi connectivity index (χ2v) is 5.63. The maximum Gasteiger partial charge on any atom is 0.387 e. The van der Waals surface area contributed by atoms with Gasteiger partial charge >= 0.3 is 6.61 Å². The molecule has 2 aromatic carbocycles. The van der Waals surface area contributed by atoms with Crippen LogP contribution in [0.2, 0.25) is 5.02 Å². The summed E-state index contributed by atoms with van der Waals surface area (Å²) in [4.78, 5) is 12.2. The van der Waals surface area contributed by atoms with E-state index in [1.165, 1.54) is 25.3 Å². The first kappa shape index (κ1) is 19.7. The highest BCUT2D eigenvalue weighted by atomic mass is 35.5. The Bertz CT molecular complexity index is 790. The van der Waals surface area contributed by atoms with Crippen LogP contribution in [0.1, 0.15) is 6.92 Å². The third-order valence-corrected chi connectivity index (χ3v) is 3.66. The molecular weight excluding hydrogens is 373 g/mol. The molecule has 1 amide bonds. The van der Waals surface area contributed by atoms with Crippen LogP contribution in [0.15, 0.2) is 36.4 Å². The molecule has 0 spiro atoms. The summed E-state index contributed by atoms with van der Waals surface area (Å²) >= 11 is 5.86. The summed E-state index contributed by atoms with van der Waals surface area (Å²) in [5.41, 5.74) is 0.623. The summed E-state index contributed by atoms with van der Waals surface area (Å²) in [7, 11) is 1.32. The average Bonchev–Trinajstić information content (AvgIpc) is 2.57. The first-order valence-electron chi connectivity index (χ1n) is 7.45. The minimum Gasteiger partial charge on any atom is -0.493 e. The molecule has 0 fully saturated rings. The van der Waals surface area contributed by atoms with Gasteiger partial charge in [-0.3, -0.25) is 4.79 Å². The number of carbonyl (C=O) groups excluding carboxylic acids is 1. The smallest absolute Gasteiger partial charge is 0.387 e. The Balaban J connectivity index is 2.08. The molecule has 0 saturated carbocycles. The predicted molar refractivity (Wildman–Crippen MR) is 92.8 cm³/mol. The molecule has 140 valence electrons. The van der Waals surface area contributed by atoms with Gasteiger partial charge in [0.15, 0.2) is 11.5 Å². The van der Waals surface area contributed by atoms with Crippen molar-refractivity contribution in [2.75, 3.05) is 17.7 Å². The topological polar surface area (TPSA) is 59.6 Å². The van der Waals surface area contributed by atoms with Gasteiger partial charge in [0, 0.05) is 11.8 Å². The first-order valence-corrected chi connectivity index (χ1v) is 7.83. The van der Waals surface area contributed by atoms with E-state index in [4.69, 9.17) is 16.3 Å². The molecule has 0 aliphatic rings. The summed E-state index contributed by atoms with van der Waals surface area (Å²) in [5, 5.41) is 5.46. The predicted octanol–water partition coefficient (Wildman–Crippen LogP) is 4.53. The lowest BCUT2D eigenvalue weighted by Crippen LogP contribution is -2.32. The van der Waals surface area contributed by atoms with Crippen molar-refractivity contribution in [3.05, 3.63) is 47.2 Å². The van der Waals surface area contributed by atoms with Gasteiger partial charge in [-0.05, 0) is 37.3 Å². The fourth-order valence-corrected chi connectivity index (χ4v) is 2.32. The highest BCUT2D eigenvalue weighted by Gasteiger charge is 2.17. The zero-order valence-corrected chi connectivity index (χ0v) is 14.6. The lowest BCUT2D eigenvalue weighted by molar-refractivity contribution is -0.116. The van der Waals surface area contributed by atoms with Crippen LogP contribution in [-0.2, 0) is 4.79 Å². The highest BCUT2D eigenvalue weighted by molar-refractivity contribution is 6.33. The fourth-order valence-electron chi connectivity index (χ4n) is 2.10. The van der Waals surface area contributed by atoms with Crippen molar-refractivity contribution < 1.29 is 27.4 Å². The number of methoxy groups -OCH3 is 1. The Morgan fingerprint density at radius 2 is 1.88 bits per heavy atom. The number of alkyl halides is 2. The Hall–Kier alpha value is -2.61. The zero-order chi connectivity index (χ0) is 19.3. The van der Waals surface area contributed by atoms with E-state index < -0.39 is 24.4 Å². The largest absolute Gasteiger partial charge is 0.493 e. The van der Waals surface area contributed by atoms with E-state index in [0.717, 1.165) is 12.1 Å². The number of halogens is 4. The summed E-state index contributed by atoms with van der Waals surface area (Å²) in [5.74, 6) is -1.01. The average molecular weight is 389 g/mol. The molecular formula is C17H16ClF3N2O3. The van der Waals surface area contributed by atoms with Crippen LogP contribution in [0.4, 0.5) is 24.5 Å². The van der Waals surface area contributed by atoms with E-state index in [1.54, 1.807) is 13.0 Å². The van der Waals surface area contributed by atoms with Crippen LogP contribution in [0.5, 0.6) is 11.5 Å². The Morgan fingerprint density at radius 3 is 2.50 bits per heavy atom. The minimum atomic E-state index is -3.01. The van der Waals surface area contributed by atoms with Crippen molar-refractivity contribution in [3.8, 4) is 11.5 Å². The molecule has 9 heteroatoms. The maximum absolute atomic E-state index is 13.0. The van der Waals surface area contributed by atoms with Gasteiger partial charge in [-0.25, -0.2) is 4.39 Å². The third-order valence-electron chi connectivity index (χ3n) is 3.35. The molecule has 2 aromatic rings. The van der Waals surface area contributed by atoms with Crippen molar-refractivity contribution >= 4 is 28.9 Å². The van der Waals surface area contributed by atoms with Gasteiger partial charge < -0.3 is 20.1 Å². The Kier molecular flexibility index (Phi) is 6.57. The standard InChI is InChI=1S/C17H16ClF3N2O3/c1-9(16(24)23-13-5-3-10(19)7-12(13)18)22-11-4-6-14(25-2)15(8-11)26-17(20)21/h3-9,17,22H,1-2H3,(H,23,24)/t9-/m1/s1. The van der Waals surface area contributed by atoms with E-state index in [9.17, 15) is 18.0 Å².